The summed E-state index contributed by atoms with van der Waals surface area (Å²) < 4.78 is 23.6. The fraction of sp³-hybridized carbons (Fsp3) is 0.400. The standard InChI is InChI=1S/C20H27FN4O2.HI/c1-3-22-20(24-12-10-16-6-8-18(21)9-7-16)25-15-17-5-4-11-23-19(17)27-14-13-26-2;/h4-9,11H,3,10,12-15H2,1-2H3,(H2,22,24,25);1H. The van der Waals surface area contributed by atoms with Crippen LogP contribution in [0.4, 0.5) is 4.39 Å². The quantitative estimate of drug-likeness (QED) is 0.226. The van der Waals surface area contributed by atoms with Crippen LogP contribution in [0.2, 0.25) is 0 Å². The number of nitrogens with one attached hydrogen (secondary N) is 2. The molecule has 0 radical (unpaired) electrons. The number of benzene rings is 1. The molecule has 8 heteroatoms. The Labute approximate surface area is 183 Å². The van der Waals surface area contributed by atoms with Crippen molar-refractivity contribution in [2.75, 3.05) is 33.4 Å². The van der Waals surface area contributed by atoms with Crippen LogP contribution in [-0.2, 0) is 17.7 Å². The van der Waals surface area contributed by atoms with Crippen molar-refractivity contribution in [1.82, 2.24) is 15.6 Å². The molecule has 0 amide bonds. The van der Waals surface area contributed by atoms with E-state index < -0.39 is 0 Å². The lowest BCUT2D eigenvalue weighted by atomic mass is 10.1. The zero-order valence-electron chi connectivity index (χ0n) is 16.3. The number of rotatable bonds is 10. The molecule has 154 valence electrons. The molecule has 0 atom stereocenters. The predicted octanol–water partition coefficient (Wildman–Crippen LogP) is 3.16. The van der Waals surface area contributed by atoms with Gasteiger partial charge in [-0.1, -0.05) is 18.2 Å². The Morgan fingerprint density at radius 2 is 1.93 bits per heavy atom. The molecular formula is C20H28FIN4O2. The summed E-state index contributed by atoms with van der Waals surface area (Å²) in [5.74, 6) is 1.06. The van der Waals surface area contributed by atoms with E-state index in [0.29, 0.717) is 38.1 Å². The molecule has 2 aromatic rings. The lowest BCUT2D eigenvalue weighted by Gasteiger charge is -2.12. The Morgan fingerprint density at radius 1 is 1.14 bits per heavy atom. The minimum atomic E-state index is -0.221. The maximum Gasteiger partial charge on any atom is 0.218 e. The molecule has 1 heterocycles. The smallest absolute Gasteiger partial charge is 0.218 e. The van der Waals surface area contributed by atoms with Gasteiger partial charge in [-0.25, -0.2) is 14.4 Å². The summed E-state index contributed by atoms with van der Waals surface area (Å²) >= 11 is 0. The largest absolute Gasteiger partial charge is 0.475 e. The van der Waals surface area contributed by atoms with Gasteiger partial charge >= 0.3 is 0 Å². The Hall–Kier alpha value is -1.94. The van der Waals surface area contributed by atoms with E-state index in [1.54, 1.807) is 25.4 Å². The maximum atomic E-state index is 13.0. The fourth-order valence-electron chi connectivity index (χ4n) is 2.38. The first kappa shape index (κ1) is 24.1. The van der Waals surface area contributed by atoms with E-state index in [-0.39, 0.29) is 29.8 Å². The van der Waals surface area contributed by atoms with Gasteiger partial charge in [0.2, 0.25) is 5.88 Å². The minimum absolute atomic E-state index is 0. The van der Waals surface area contributed by atoms with Crippen LogP contribution in [0.1, 0.15) is 18.1 Å². The predicted molar refractivity (Wildman–Crippen MR) is 120 cm³/mol. The molecule has 0 aliphatic heterocycles. The zero-order valence-corrected chi connectivity index (χ0v) is 18.6. The molecule has 28 heavy (non-hydrogen) atoms. The highest BCUT2D eigenvalue weighted by atomic mass is 127. The maximum absolute atomic E-state index is 13.0. The SMILES string of the molecule is CCNC(=NCc1cccnc1OCCOC)NCCc1ccc(F)cc1.I. The molecular weight excluding hydrogens is 474 g/mol. The first-order valence-electron chi connectivity index (χ1n) is 9.05. The van der Waals surface area contributed by atoms with E-state index in [1.165, 1.54) is 12.1 Å². The minimum Gasteiger partial charge on any atom is -0.475 e. The van der Waals surface area contributed by atoms with Crippen LogP contribution in [0, 0.1) is 5.82 Å². The summed E-state index contributed by atoms with van der Waals surface area (Å²) in [6.07, 6.45) is 2.48. The lowest BCUT2D eigenvalue weighted by molar-refractivity contribution is 0.143. The second kappa shape index (κ2) is 14.1. The van der Waals surface area contributed by atoms with Gasteiger partial charge in [0.1, 0.15) is 12.4 Å². The number of pyridine rings is 1. The summed E-state index contributed by atoms with van der Waals surface area (Å²) in [7, 11) is 1.63. The van der Waals surface area contributed by atoms with E-state index >= 15 is 0 Å². The number of hydrogen-bond donors (Lipinski definition) is 2. The van der Waals surface area contributed by atoms with E-state index in [1.807, 2.05) is 19.1 Å². The molecule has 0 bridgehead atoms. The number of nitrogens with zero attached hydrogens (tertiary/aromatic N) is 2. The second-order valence-electron chi connectivity index (χ2n) is 5.81. The molecule has 0 fully saturated rings. The average molecular weight is 502 g/mol. The Kier molecular flexibility index (Phi) is 12.1. The normalized spacial score (nSPS) is 10.9. The summed E-state index contributed by atoms with van der Waals surface area (Å²) in [4.78, 5) is 8.87. The van der Waals surface area contributed by atoms with Crippen molar-refractivity contribution in [3.8, 4) is 5.88 Å². The van der Waals surface area contributed by atoms with Gasteiger partial charge in [0.15, 0.2) is 5.96 Å². The van der Waals surface area contributed by atoms with Crippen LogP contribution < -0.4 is 15.4 Å². The van der Waals surface area contributed by atoms with E-state index in [0.717, 1.165) is 24.1 Å². The number of aromatic nitrogens is 1. The van der Waals surface area contributed by atoms with Crippen molar-refractivity contribution in [1.29, 1.82) is 0 Å². The van der Waals surface area contributed by atoms with Gasteiger partial charge < -0.3 is 20.1 Å². The molecule has 1 aromatic carbocycles. The molecule has 0 aliphatic carbocycles. The van der Waals surface area contributed by atoms with Crippen LogP contribution in [0.5, 0.6) is 5.88 Å². The number of aliphatic imine (C=N–C) groups is 1. The fourth-order valence-corrected chi connectivity index (χ4v) is 2.38. The lowest BCUT2D eigenvalue weighted by Crippen LogP contribution is -2.38. The van der Waals surface area contributed by atoms with Crippen molar-refractivity contribution in [2.24, 2.45) is 4.99 Å². The monoisotopic (exact) mass is 502 g/mol. The third-order valence-corrected chi connectivity index (χ3v) is 3.75. The summed E-state index contributed by atoms with van der Waals surface area (Å²) in [6, 6.07) is 10.3. The number of halogens is 2. The Balaban J connectivity index is 0.00000392. The molecule has 0 aliphatic rings. The third-order valence-electron chi connectivity index (χ3n) is 3.75. The van der Waals surface area contributed by atoms with Gasteiger partial charge in [-0.15, -0.1) is 24.0 Å². The zero-order chi connectivity index (χ0) is 19.3. The molecule has 2 rings (SSSR count). The van der Waals surface area contributed by atoms with Gasteiger partial charge in [-0.2, -0.15) is 0 Å². The first-order valence-corrected chi connectivity index (χ1v) is 9.05. The first-order chi connectivity index (χ1) is 13.2. The molecule has 2 N–H and O–H groups in total. The topological polar surface area (TPSA) is 67.8 Å². The van der Waals surface area contributed by atoms with Crippen LogP contribution in [-0.4, -0.2) is 44.4 Å². The number of ether oxygens (including phenoxy) is 2. The van der Waals surface area contributed by atoms with Crippen molar-refractivity contribution >= 4 is 29.9 Å². The van der Waals surface area contributed by atoms with Crippen LogP contribution in [0.3, 0.4) is 0 Å². The van der Waals surface area contributed by atoms with Gasteiger partial charge in [-0.05, 0) is 37.1 Å². The van der Waals surface area contributed by atoms with Gasteiger partial charge in [0.25, 0.3) is 0 Å². The van der Waals surface area contributed by atoms with Crippen LogP contribution >= 0.6 is 24.0 Å². The van der Waals surface area contributed by atoms with Crippen molar-refractivity contribution < 1.29 is 13.9 Å². The third kappa shape index (κ3) is 8.83. The molecule has 0 unspecified atom stereocenters. The van der Waals surface area contributed by atoms with Crippen LogP contribution in [0.25, 0.3) is 0 Å². The van der Waals surface area contributed by atoms with Gasteiger partial charge in [-0.3, -0.25) is 0 Å². The molecule has 0 saturated heterocycles. The van der Waals surface area contributed by atoms with Crippen molar-refractivity contribution in [3.63, 3.8) is 0 Å². The van der Waals surface area contributed by atoms with E-state index in [9.17, 15) is 4.39 Å². The van der Waals surface area contributed by atoms with E-state index in [2.05, 4.69) is 20.6 Å². The molecule has 6 nitrogen and oxygen atoms in total. The highest BCUT2D eigenvalue weighted by Crippen LogP contribution is 2.15. The van der Waals surface area contributed by atoms with Crippen LogP contribution in [0.15, 0.2) is 47.6 Å². The average Bonchev–Trinajstić information content (AvgIpc) is 2.68. The summed E-state index contributed by atoms with van der Waals surface area (Å²) in [6.45, 7) is 4.87. The molecule has 0 spiro atoms. The Bertz CT molecular complexity index is 714. The molecule has 1 aromatic heterocycles. The van der Waals surface area contributed by atoms with E-state index in [4.69, 9.17) is 9.47 Å². The van der Waals surface area contributed by atoms with Gasteiger partial charge in [0, 0.05) is 32.0 Å². The number of methoxy groups -OCH3 is 1. The van der Waals surface area contributed by atoms with Crippen molar-refractivity contribution in [2.45, 2.75) is 19.9 Å². The summed E-state index contributed by atoms with van der Waals surface area (Å²) in [5.41, 5.74) is 1.98. The molecule has 0 saturated carbocycles. The second-order valence-corrected chi connectivity index (χ2v) is 5.81. The highest BCUT2D eigenvalue weighted by Gasteiger charge is 2.05. The highest BCUT2D eigenvalue weighted by molar-refractivity contribution is 14.0. The van der Waals surface area contributed by atoms with Crippen molar-refractivity contribution in [3.05, 3.63) is 59.5 Å². The number of guanidine groups is 1. The Morgan fingerprint density at radius 3 is 2.64 bits per heavy atom. The summed E-state index contributed by atoms with van der Waals surface area (Å²) in [5, 5.41) is 6.51. The van der Waals surface area contributed by atoms with Gasteiger partial charge in [0.05, 0.1) is 13.2 Å². The number of hydrogen-bond acceptors (Lipinski definition) is 4.